The van der Waals surface area contributed by atoms with Crippen LogP contribution in [0.2, 0.25) is 0 Å². The van der Waals surface area contributed by atoms with E-state index < -0.39 is 54.0 Å². The van der Waals surface area contributed by atoms with E-state index in [0.29, 0.717) is 12.4 Å². The minimum atomic E-state index is -4.89. The van der Waals surface area contributed by atoms with Gasteiger partial charge in [0.25, 0.3) is 0 Å². The standard InChI is InChI=1S/C26H22F5N7O4/c1-37-22-15(13-6-16(27)23(19(7-13)41-2)42-11-20(33)35-12-32)8-14(26(29,30)31)9-18(22)38(25(37)40)10-21(39)36-17-4-3-5-34-24(17)28/h3-9,12H,10-11H2,1-2H3,(H,36,39)(H3,32,33,35). The van der Waals surface area contributed by atoms with E-state index in [1.807, 2.05) is 0 Å². The van der Waals surface area contributed by atoms with E-state index in [1.54, 1.807) is 0 Å². The number of hydrogen-bond donors (Lipinski definition) is 3. The molecular weight excluding hydrogens is 569 g/mol. The maximum absolute atomic E-state index is 15.2. The van der Waals surface area contributed by atoms with E-state index in [2.05, 4.69) is 15.3 Å². The second-order valence-electron chi connectivity index (χ2n) is 8.73. The number of imidazole rings is 1. The number of anilines is 1. The van der Waals surface area contributed by atoms with Crippen molar-refractivity contribution in [1.29, 1.82) is 5.41 Å². The first-order chi connectivity index (χ1) is 19.8. The van der Waals surface area contributed by atoms with Crippen LogP contribution in [0.15, 0.2) is 52.4 Å². The Morgan fingerprint density at radius 1 is 1.24 bits per heavy atom. The van der Waals surface area contributed by atoms with Gasteiger partial charge in [0.1, 0.15) is 25.3 Å². The van der Waals surface area contributed by atoms with Gasteiger partial charge in [-0.05, 0) is 42.0 Å². The topological polar surface area (TPSA) is 150 Å². The summed E-state index contributed by atoms with van der Waals surface area (Å²) in [5.74, 6) is -3.71. The first kappa shape index (κ1) is 29.7. The summed E-state index contributed by atoms with van der Waals surface area (Å²) in [7, 11) is 2.45. The number of nitrogens with zero attached hydrogens (tertiary/aromatic N) is 4. The summed E-state index contributed by atoms with van der Waals surface area (Å²) in [4.78, 5) is 32.7. The van der Waals surface area contributed by atoms with Gasteiger partial charge in [-0.3, -0.25) is 19.3 Å². The third kappa shape index (κ3) is 5.91. The minimum Gasteiger partial charge on any atom is -0.493 e. The van der Waals surface area contributed by atoms with Crippen LogP contribution >= 0.6 is 0 Å². The molecule has 4 rings (SSSR count). The van der Waals surface area contributed by atoms with E-state index in [1.165, 1.54) is 32.4 Å². The monoisotopic (exact) mass is 591 g/mol. The Labute approximate surface area is 233 Å². The molecule has 1 amide bonds. The summed E-state index contributed by atoms with van der Waals surface area (Å²) >= 11 is 0. The Kier molecular flexibility index (Phi) is 8.26. The Hall–Kier alpha value is -5.28. The zero-order valence-electron chi connectivity index (χ0n) is 21.9. The van der Waals surface area contributed by atoms with Crippen molar-refractivity contribution in [3.63, 3.8) is 0 Å². The highest BCUT2D eigenvalue weighted by Crippen LogP contribution is 2.41. The number of benzene rings is 2. The van der Waals surface area contributed by atoms with Crippen molar-refractivity contribution < 1.29 is 36.2 Å². The number of aliphatic imine (C=N–C) groups is 1. The van der Waals surface area contributed by atoms with Gasteiger partial charge in [-0.2, -0.15) is 17.6 Å². The van der Waals surface area contributed by atoms with Crippen LogP contribution in [-0.4, -0.2) is 45.9 Å². The molecule has 42 heavy (non-hydrogen) atoms. The van der Waals surface area contributed by atoms with Gasteiger partial charge in [-0.1, -0.05) is 0 Å². The predicted octanol–water partition coefficient (Wildman–Crippen LogP) is 3.69. The Balaban J connectivity index is 1.86. The van der Waals surface area contributed by atoms with Crippen molar-refractivity contribution in [3.8, 4) is 22.6 Å². The number of amides is 1. The number of nitrogens with two attached hydrogens (primary N) is 1. The van der Waals surface area contributed by atoms with Crippen LogP contribution in [0, 0.1) is 17.2 Å². The molecule has 0 aliphatic rings. The van der Waals surface area contributed by atoms with Crippen LogP contribution < -0.4 is 26.2 Å². The number of aryl methyl sites for hydroxylation is 1. The number of fused-ring (bicyclic) bond motifs is 1. The summed E-state index contributed by atoms with van der Waals surface area (Å²) in [6.07, 6.45) is -3.08. The lowest BCUT2D eigenvalue weighted by Crippen LogP contribution is -2.28. The molecule has 2 aromatic carbocycles. The average Bonchev–Trinajstić information content (AvgIpc) is 3.17. The van der Waals surface area contributed by atoms with E-state index in [0.717, 1.165) is 27.5 Å². The van der Waals surface area contributed by atoms with Gasteiger partial charge in [-0.25, -0.2) is 19.2 Å². The highest BCUT2D eigenvalue weighted by molar-refractivity contribution is 5.96. The molecule has 2 heterocycles. The van der Waals surface area contributed by atoms with Crippen LogP contribution in [0.5, 0.6) is 11.5 Å². The first-order valence-electron chi connectivity index (χ1n) is 11.9. The summed E-state index contributed by atoms with van der Waals surface area (Å²) in [5, 5.41) is 9.16. The van der Waals surface area contributed by atoms with Crippen LogP contribution in [-0.2, 0) is 24.6 Å². The molecule has 0 bridgehead atoms. The van der Waals surface area contributed by atoms with Gasteiger partial charge in [0.05, 0.1) is 29.4 Å². The SMILES string of the molecule is COc1cc(-c2cc(C(F)(F)F)cc3c2n(C)c(=O)n3CC(=O)Nc2cccnc2F)cc(F)c1OCC(N)=NC=N. The maximum atomic E-state index is 15.2. The number of rotatable bonds is 9. The molecule has 0 aliphatic heterocycles. The van der Waals surface area contributed by atoms with E-state index in [4.69, 9.17) is 20.6 Å². The van der Waals surface area contributed by atoms with Crippen molar-refractivity contribution in [1.82, 2.24) is 14.1 Å². The number of alkyl halides is 3. The van der Waals surface area contributed by atoms with Gasteiger partial charge < -0.3 is 20.5 Å². The molecule has 220 valence electrons. The number of pyridine rings is 1. The number of hydrogen-bond acceptors (Lipinski definition) is 6. The first-order valence-corrected chi connectivity index (χ1v) is 11.9. The number of ether oxygens (including phenoxy) is 2. The molecule has 4 N–H and O–H groups in total. The quantitative estimate of drug-likeness (QED) is 0.117. The highest BCUT2D eigenvalue weighted by atomic mass is 19.4. The van der Waals surface area contributed by atoms with Gasteiger partial charge in [0, 0.05) is 18.8 Å². The van der Waals surface area contributed by atoms with Crippen molar-refractivity contribution in [2.24, 2.45) is 17.8 Å². The molecule has 0 saturated carbocycles. The van der Waals surface area contributed by atoms with Gasteiger partial charge in [0.2, 0.25) is 11.9 Å². The molecule has 0 spiro atoms. The fraction of sp³-hybridized carbons (Fsp3) is 0.192. The molecule has 0 aliphatic carbocycles. The van der Waals surface area contributed by atoms with Crippen LogP contribution in [0.3, 0.4) is 0 Å². The maximum Gasteiger partial charge on any atom is 0.416 e. The van der Waals surface area contributed by atoms with Crippen LogP contribution in [0.1, 0.15) is 5.56 Å². The molecule has 0 saturated heterocycles. The van der Waals surface area contributed by atoms with Crippen molar-refractivity contribution in [2.75, 3.05) is 19.0 Å². The van der Waals surface area contributed by atoms with E-state index in [9.17, 15) is 27.2 Å². The average molecular weight is 591 g/mol. The number of nitrogens with one attached hydrogen (secondary N) is 2. The highest BCUT2D eigenvalue weighted by Gasteiger charge is 2.33. The molecular formula is C26H22F5N7O4. The number of carbonyl (C=O) groups is 1. The number of halogens is 5. The summed E-state index contributed by atoms with van der Waals surface area (Å²) in [6.45, 7) is -1.19. The molecule has 0 radical (unpaired) electrons. The third-order valence-corrected chi connectivity index (χ3v) is 6.03. The second kappa shape index (κ2) is 11.7. The molecule has 0 unspecified atom stereocenters. The molecule has 0 atom stereocenters. The van der Waals surface area contributed by atoms with E-state index >= 15 is 4.39 Å². The number of carbonyl (C=O) groups excluding carboxylic acids is 1. The Morgan fingerprint density at radius 2 is 1.98 bits per heavy atom. The molecule has 0 fully saturated rings. The van der Waals surface area contributed by atoms with E-state index in [-0.39, 0.29) is 39.4 Å². The molecule has 2 aromatic heterocycles. The second-order valence-corrected chi connectivity index (χ2v) is 8.73. The fourth-order valence-electron chi connectivity index (χ4n) is 4.19. The van der Waals surface area contributed by atoms with Crippen LogP contribution in [0.4, 0.5) is 27.6 Å². The van der Waals surface area contributed by atoms with Crippen LogP contribution in [0.25, 0.3) is 22.2 Å². The van der Waals surface area contributed by atoms with Gasteiger partial charge in [-0.15, -0.1) is 0 Å². The normalized spacial score (nSPS) is 11.9. The smallest absolute Gasteiger partial charge is 0.416 e. The molecule has 11 nitrogen and oxygen atoms in total. The minimum absolute atomic E-state index is 0.0501. The fourth-order valence-corrected chi connectivity index (χ4v) is 4.19. The number of amidine groups is 1. The summed E-state index contributed by atoms with van der Waals surface area (Å²) in [6, 6.07) is 6.09. The number of aromatic nitrogens is 3. The number of methoxy groups -OCH3 is 1. The molecule has 4 aromatic rings. The van der Waals surface area contributed by atoms with Crippen molar-refractivity contribution >= 4 is 34.8 Å². The zero-order valence-corrected chi connectivity index (χ0v) is 21.9. The van der Waals surface area contributed by atoms with Crippen molar-refractivity contribution in [3.05, 3.63) is 70.4 Å². The predicted molar refractivity (Wildman–Crippen MR) is 143 cm³/mol. The third-order valence-electron chi connectivity index (χ3n) is 6.03. The Morgan fingerprint density at radius 3 is 2.62 bits per heavy atom. The molecule has 16 heteroatoms. The zero-order chi connectivity index (χ0) is 30.8. The lowest BCUT2D eigenvalue weighted by Gasteiger charge is -2.16. The largest absolute Gasteiger partial charge is 0.493 e. The van der Waals surface area contributed by atoms with Crippen molar-refractivity contribution in [2.45, 2.75) is 12.7 Å². The van der Waals surface area contributed by atoms with Gasteiger partial charge in [0.15, 0.2) is 17.3 Å². The lowest BCUT2D eigenvalue weighted by atomic mass is 9.99. The lowest BCUT2D eigenvalue weighted by molar-refractivity contribution is -0.137. The summed E-state index contributed by atoms with van der Waals surface area (Å²) < 4.78 is 83.4. The summed E-state index contributed by atoms with van der Waals surface area (Å²) in [5.41, 5.74) is 2.57. The van der Waals surface area contributed by atoms with Gasteiger partial charge >= 0.3 is 11.9 Å². The Bertz CT molecular complexity index is 1780.